The molecule has 3 aliphatic heterocycles. The number of para-hydroxylation sites is 1. The zero-order valence-corrected chi connectivity index (χ0v) is 23.6. The van der Waals surface area contributed by atoms with E-state index in [0.717, 1.165) is 49.7 Å². The van der Waals surface area contributed by atoms with Crippen LogP contribution in [0.5, 0.6) is 5.75 Å². The van der Waals surface area contributed by atoms with E-state index >= 15 is 0 Å². The molecule has 0 spiro atoms. The average molecular weight is 563 g/mol. The maximum Gasteiger partial charge on any atom is 0.338 e. The second-order valence-corrected chi connectivity index (χ2v) is 10.3. The molecule has 2 aromatic rings. The lowest BCUT2D eigenvalue weighted by molar-refractivity contribution is -0.139. The fourth-order valence-electron chi connectivity index (χ4n) is 5.08. The Kier molecular flexibility index (Phi) is 9.20. The minimum Gasteiger partial charge on any atom is -0.496 e. The van der Waals surface area contributed by atoms with Gasteiger partial charge in [0.1, 0.15) is 5.75 Å². The van der Waals surface area contributed by atoms with Crippen molar-refractivity contribution in [2.45, 2.75) is 19.4 Å². The molecular formula is C30H34N4O5S. The number of benzene rings is 2. The van der Waals surface area contributed by atoms with Crippen LogP contribution in [0.25, 0.3) is 5.70 Å². The summed E-state index contributed by atoms with van der Waals surface area (Å²) < 4.78 is 16.7. The van der Waals surface area contributed by atoms with Gasteiger partial charge in [-0.25, -0.2) is 9.79 Å². The number of methoxy groups -OCH3 is 1. The number of esters is 1. The molecule has 10 heteroatoms. The topological polar surface area (TPSA) is 92.7 Å². The van der Waals surface area contributed by atoms with Gasteiger partial charge in [0.25, 0.3) is 0 Å². The number of hydrogen-bond donors (Lipinski definition) is 1. The summed E-state index contributed by atoms with van der Waals surface area (Å²) >= 11 is 1.45. The van der Waals surface area contributed by atoms with Crippen molar-refractivity contribution in [1.82, 2.24) is 15.1 Å². The van der Waals surface area contributed by atoms with E-state index in [1.807, 2.05) is 64.9 Å². The number of amidine groups is 1. The Bertz CT molecular complexity index is 1320. The van der Waals surface area contributed by atoms with E-state index in [-0.39, 0.29) is 18.9 Å². The molecule has 3 heterocycles. The number of thioether (sulfide) groups is 1. The largest absolute Gasteiger partial charge is 0.496 e. The van der Waals surface area contributed by atoms with Crippen molar-refractivity contribution in [2.24, 2.45) is 4.99 Å². The van der Waals surface area contributed by atoms with Crippen LogP contribution in [0.15, 0.2) is 76.3 Å². The fraction of sp³-hybridized carbons (Fsp3) is 0.367. The quantitative estimate of drug-likeness (QED) is 0.437. The molecule has 1 saturated heterocycles. The van der Waals surface area contributed by atoms with Crippen LogP contribution < -0.4 is 10.1 Å². The Balaban J connectivity index is 1.48. The molecule has 1 atom stereocenters. The third kappa shape index (κ3) is 6.09. The van der Waals surface area contributed by atoms with E-state index in [1.165, 1.54) is 11.8 Å². The SMILES string of the molecule is CCOC(=O)C1=C(c2ccccc2)N=C2SC=C(CC(=O)NCCN3CCOCC3)N2C1c1ccccc1OC. The van der Waals surface area contributed by atoms with Crippen molar-refractivity contribution in [1.29, 1.82) is 0 Å². The molecule has 1 amide bonds. The Hall–Kier alpha value is -3.60. The third-order valence-electron chi connectivity index (χ3n) is 6.98. The first-order valence-electron chi connectivity index (χ1n) is 13.5. The van der Waals surface area contributed by atoms with Crippen LogP contribution in [0, 0.1) is 0 Å². The highest BCUT2D eigenvalue weighted by Crippen LogP contribution is 2.48. The number of nitrogens with zero attached hydrogens (tertiary/aromatic N) is 3. The lowest BCUT2D eigenvalue weighted by Crippen LogP contribution is -2.42. The predicted molar refractivity (Wildman–Crippen MR) is 156 cm³/mol. The van der Waals surface area contributed by atoms with Gasteiger partial charge in [-0.2, -0.15) is 0 Å². The molecule has 1 fully saturated rings. The lowest BCUT2D eigenvalue weighted by Gasteiger charge is -2.37. The summed E-state index contributed by atoms with van der Waals surface area (Å²) in [5.74, 6) is 0.0936. The Morgan fingerprint density at radius 2 is 1.85 bits per heavy atom. The summed E-state index contributed by atoms with van der Waals surface area (Å²) in [6, 6.07) is 16.7. The first kappa shape index (κ1) is 27.9. The van der Waals surface area contributed by atoms with Gasteiger partial charge in [0, 0.05) is 43.0 Å². The molecule has 5 rings (SSSR count). The number of carbonyl (C=O) groups is 2. The van der Waals surface area contributed by atoms with E-state index in [2.05, 4.69) is 10.2 Å². The molecule has 9 nitrogen and oxygen atoms in total. The van der Waals surface area contributed by atoms with Gasteiger partial charge in [-0.1, -0.05) is 60.3 Å². The number of rotatable bonds is 10. The summed E-state index contributed by atoms with van der Waals surface area (Å²) in [6.07, 6.45) is 0.150. The third-order valence-corrected chi connectivity index (χ3v) is 7.87. The van der Waals surface area contributed by atoms with Gasteiger partial charge in [-0.05, 0) is 18.4 Å². The molecule has 2 aromatic carbocycles. The number of aliphatic imine (C=N–C) groups is 1. The molecule has 210 valence electrons. The summed E-state index contributed by atoms with van der Waals surface area (Å²) in [5.41, 5.74) is 3.32. The summed E-state index contributed by atoms with van der Waals surface area (Å²) in [7, 11) is 1.61. The molecule has 0 aromatic heterocycles. The number of carbonyl (C=O) groups excluding carboxylic acids is 2. The number of nitrogens with one attached hydrogen (secondary N) is 1. The van der Waals surface area contributed by atoms with E-state index in [4.69, 9.17) is 19.2 Å². The standard InChI is InChI=1S/C30H34N4O5S/c1-3-39-29(36)26-27(21-9-5-4-6-10-21)32-30-34(28(26)23-11-7-8-12-24(23)37-2)22(20-40-30)19-25(35)31-13-14-33-15-17-38-18-16-33/h4-12,20,28H,3,13-19H2,1-2H3,(H,31,35). The second kappa shape index (κ2) is 13.2. The van der Waals surface area contributed by atoms with Crippen LogP contribution in [0.4, 0.5) is 0 Å². The van der Waals surface area contributed by atoms with Crippen molar-refractivity contribution >= 4 is 34.5 Å². The van der Waals surface area contributed by atoms with Crippen molar-refractivity contribution in [3.63, 3.8) is 0 Å². The number of fused-ring (bicyclic) bond motifs is 1. The van der Waals surface area contributed by atoms with Gasteiger partial charge in [-0.15, -0.1) is 0 Å². The molecule has 0 saturated carbocycles. The first-order valence-corrected chi connectivity index (χ1v) is 14.4. The zero-order chi connectivity index (χ0) is 27.9. The van der Waals surface area contributed by atoms with Crippen LogP contribution in [0.2, 0.25) is 0 Å². The molecule has 1 N–H and O–H groups in total. The van der Waals surface area contributed by atoms with Crippen LogP contribution in [-0.2, 0) is 19.1 Å². The van der Waals surface area contributed by atoms with Gasteiger partial charge >= 0.3 is 5.97 Å². The highest BCUT2D eigenvalue weighted by molar-refractivity contribution is 8.16. The summed E-state index contributed by atoms with van der Waals surface area (Å²) in [5, 5.41) is 5.69. The van der Waals surface area contributed by atoms with Crippen LogP contribution in [0.3, 0.4) is 0 Å². The Labute approximate surface area is 238 Å². The molecule has 3 aliphatic rings. The smallest absolute Gasteiger partial charge is 0.338 e. The number of hydrogen-bond acceptors (Lipinski definition) is 9. The molecule has 0 bridgehead atoms. The average Bonchev–Trinajstić information content (AvgIpc) is 3.39. The lowest BCUT2D eigenvalue weighted by atomic mass is 9.91. The molecule has 0 radical (unpaired) electrons. The van der Waals surface area contributed by atoms with Crippen LogP contribution >= 0.6 is 11.8 Å². The number of morpholine rings is 1. The maximum atomic E-state index is 13.6. The molecule has 0 aliphatic carbocycles. The zero-order valence-electron chi connectivity index (χ0n) is 22.8. The molecule has 40 heavy (non-hydrogen) atoms. The Morgan fingerprint density at radius 3 is 2.60 bits per heavy atom. The molecule has 1 unspecified atom stereocenters. The Morgan fingerprint density at radius 1 is 1.10 bits per heavy atom. The van der Waals surface area contributed by atoms with Crippen molar-refractivity contribution in [3.8, 4) is 5.75 Å². The van der Waals surface area contributed by atoms with Crippen molar-refractivity contribution in [2.75, 3.05) is 53.1 Å². The highest BCUT2D eigenvalue weighted by atomic mass is 32.2. The van der Waals surface area contributed by atoms with Gasteiger partial charge in [0.05, 0.1) is 50.7 Å². The van der Waals surface area contributed by atoms with Gasteiger partial charge in [0.2, 0.25) is 5.91 Å². The van der Waals surface area contributed by atoms with Gasteiger partial charge < -0.3 is 24.4 Å². The first-order chi connectivity index (χ1) is 19.6. The van der Waals surface area contributed by atoms with E-state index < -0.39 is 12.0 Å². The minimum atomic E-state index is -0.597. The van der Waals surface area contributed by atoms with Crippen LogP contribution in [-0.4, -0.2) is 80.0 Å². The highest BCUT2D eigenvalue weighted by Gasteiger charge is 2.43. The van der Waals surface area contributed by atoms with E-state index in [9.17, 15) is 9.59 Å². The number of amides is 1. The normalized spacial score (nSPS) is 19.1. The second-order valence-electron chi connectivity index (χ2n) is 9.47. The van der Waals surface area contributed by atoms with Crippen LogP contribution in [0.1, 0.15) is 30.5 Å². The van der Waals surface area contributed by atoms with Crippen molar-refractivity contribution < 1.29 is 23.8 Å². The maximum absolute atomic E-state index is 13.6. The van der Waals surface area contributed by atoms with E-state index in [1.54, 1.807) is 14.0 Å². The predicted octanol–water partition coefficient (Wildman–Crippen LogP) is 3.81. The fourth-order valence-corrected chi connectivity index (χ4v) is 6.00. The minimum absolute atomic E-state index is 0.0874. The monoisotopic (exact) mass is 562 g/mol. The molecular weight excluding hydrogens is 528 g/mol. The summed E-state index contributed by atoms with van der Waals surface area (Å²) in [4.78, 5) is 35.9. The summed E-state index contributed by atoms with van der Waals surface area (Å²) in [6.45, 7) is 6.54. The van der Waals surface area contributed by atoms with Crippen molar-refractivity contribution in [3.05, 3.63) is 82.4 Å². The van der Waals surface area contributed by atoms with Gasteiger partial charge in [0.15, 0.2) is 5.17 Å². The van der Waals surface area contributed by atoms with Gasteiger partial charge in [-0.3, -0.25) is 9.69 Å². The van der Waals surface area contributed by atoms with E-state index in [0.29, 0.717) is 28.7 Å². The number of ether oxygens (including phenoxy) is 3.